The van der Waals surface area contributed by atoms with Gasteiger partial charge in [0, 0.05) is 35.8 Å². The molecule has 2 heterocycles. The lowest BCUT2D eigenvalue weighted by molar-refractivity contribution is 0.0930. The van der Waals surface area contributed by atoms with Gasteiger partial charge in [-0.3, -0.25) is 4.79 Å². The molecule has 9 heteroatoms. The minimum atomic E-state index is -3.19. The molecule has 3 aromatic rings. The quantitative estimate of drug-likeness (QED) is 0.499. The summed E-state index contributed by atoms with van der Waals surface area (Å²) < 4.78 is 29.8. The number of hydrogen-bond donors (Lipinski definition) is 1. The van der Waals surface area contributed by atoms with Crippen LogP contribution in [0.5, 0.6) is 5.75 Å². The summed E-state index contributed by atoms with van der Waals surface area (Å²) in [5.74, 6) is 0.627. The predicted molar refractivity (Wildman–Crippen MR) is 134 cm³/mol. The number of aryl methyl sites for hydroxylation is 1. The summed E-state index contributed by atoms with van der Waals surface area (Å²) in [5.41, 5.74) is 2.45. The van der Waals surface area contributed by atoms with Crippen molar-refractivity contribution in [1.29, 1.82) is 0 Å². The van der Waals surface area contributed by atoms with Crippen molar-refractivity contribution in [2.45, 2.75) is 44.2 Å². The second-order valence-electron chi connectivity index (χ2n) is 8.31. The molecule has 2 aromatic carbocycles. The number of carbonyl (C=O) groups is 1. The van der Waals surface area contributed by atoms with Gasteiger partial charge < -0.3 is 15.0 Å². The van der Waals surface area contributed by atoms with Crippen LogP contribution in [0.1, 0.15) is 40.8 Å². The van der Waals surface area contributed by atoms with Crippen LogP contribution in [0.15, 0.2) is 58.8 Å². The maximum absolute atomic E-state index is 12.8. The van der Waals surface area contributed by atoms with E-state index in [-0.39, 0.29) is 17.7 Å². The first-order valence-corrected chi connectivity index (χ1v) is 13.9. The van der Waals surface area contributed by atoms with Crippen molar-refractivity contribution in [3.8, 4) is 5.75 Å². The average molecular weight is 500 g/mol. The van der Waals surface area contributed by atoms with Crippen LogP contribution < -0.4 is 15.0 Å². The Balaban J connectivity index is 1.29. The third-order valence-corrected chi connectivity index (χ3v) is 8.49. The molecule has 1 aliphatic heterocycles. The lowest BCUT2D eigenvalue weighted by Crippen LogP contribution is -2.44. The fourth-order valence-electron chi connectivity index (χ4n) is 3.94. The number of sulfone groups is 1. The number of carbonyl (C=O) groups excluding carboxylic acids is 1. The van der Waals surface area contributed by atoms with Gasteiger partial charge in [-0.2, -0.15) is 0 Å². The molecule has 4 rings (SSSR count). The summed E-state index contributed by atoms with van der Waals surface area (Å²) in [7, 11) is -3.19. The number of rotatable bonds is 8. The van der Waals surface area contributed by atoms with Crippen LogP contribution in [0.25, 0.3) is 0 Å². The normalized spacial score (nSPS) is 14.7. The van der Waals surface area contributed by atoms with E-state index in [4.69, 9.17) is 4.74 Å². The van der Waals surface area contributed by atoms with Crippen LogP contribution in [-0.4, -0.2) is 44.2 Å². The Kier molecular flexibility index (Phi) is 7.53. The number of thiazole rings is 1. The van der Waals surface area contributed by atoms with E-state index in [1.54, 1.807) is 42.5 Å². The monoisotopic (exact) mass is 499 g/mol. The molecular formula is C25H29N3O4S2. The topological polar surface area (TPSA) is 88.6 Å². The van der Waals surface area contributed by atoms with E-state index in [0.29, 0.717) is 22.8 Å². The van der Waals surface area contributed by atoms with E-state index in [1.807, 2.05) is 36.6 Å². The van der Waals surface area contributed by atoms with E-state index in [1.165, 1.54) is 0 Å². The first-order chi connectivity index (χ1) is 16.3. The highest BCUT2D eigenvalue weighted by atomic mass is 32.2. The molecule has 0 saturated carbocycles. The third-order valence-electron chi connectivity index (χ3n) is 5.92. The Morgan fingerprint density at radius 3 is 2.56 bits per heavy atom. The Morgan fingerprint density at radius 1 is 1.18 bits per heavy atom. The SMILES string of the molecule is CCS(=O)(=O)c1ccc(N2CCC(NC(=O)c3cccc(OCc4csc(C)n4)c3)CC2)cc1. The molecular weight excluding hydrogens is 470 g/mol. The van der Waals surface area contributed by atoms with Crippen molar-refractivity contribution in [3.63, 3.8) is 0 Å². The van der Waals surface area contributed by atoms with Crippen molar-refractivity contribution in [1.82, 2.24) is 10.3 Å². The number of anilines is 1. The van der Waals surface area contributed by atoms with Gasteiger partial charge in [0.1, 0.15) is 12.4 Å². The fraction of sp³-hybridized carbons (Fsp3) is 0.360. The van der Waals surface area contributed by atoms with E-state index in [0.717, 1.165) is 42.3 Å². The Morgan fingerprint density at radius 2 is 1.91 bits per heavy atom. The van der Waals surface area contributed by atoms with Crippen molar-refractivity contribution in [2.75, 3.05) is 23.7 Å². The van der Waals surface area contributed by atoms with E-state index in [2.05, 4.69) is 15.2 Å². The molecule has 1 amide bonds. The van der Waals surface area contributed by atoms with Gasteiger partial charge in [-0.25, -0.2) is 13.4 Å². The molecule has 0 unspecified atom stereocenters. The summed E-state index contributed by atoms with van der Waals surface area (Å²) in [5, 5.41) is 6.11. The summed E-state index contributed by atoms with van der Waals surface area (Å²) in [6, 6.07) is 14.4. The van der Waals surface area contributed by atoms with Crippen molar-refractivity contribution >= 4 is 32.8 Å². The molecule has 0 spiro atoms. The highest BCUT2D eigenvalue weighted by Crippen LogP contribution is 2.23. The lowest BCUT2D eigenvalue weighted by atomic mass is 10.0. The zero-order valence-electron chi connectivity index (χ0n) is 19.4. The molecule has 0 aliphatic carbocycles. The van der Waals surface area contributed by atoms with Gasteiger partial charge in [0.15, 0.2) is 9.84 Å². The zero-order valence-corrected chi connectivity index (χ0v) is 21.0. The number of aromatic nitrogens is 1. The van der Waals surface area contributed by atoms with Gasteiger partial charge in [0.25, 0.3) is 5.91 Å². The first-order valence-electron chi connectivity index (χ1n) is 11.4. The largest absolute Gasteiger partial charge is 0.487 e. The second-order valence-corrected chi connectivity index (χ2v) is 11.6. The van der Waals surface area contributed by atoms with Gasteiger partial charge in [0.2, 0.25) is 0 Å². The molecule has 1 fully saturated rings. The first kappa shape index (κ1) is 24.2. The third kappa shape index (κ3) is 5.95. The molecule has 7 nitrogen and oxygen atoms in total. The van der Waals surface area contributed by atoms with Crippen LogP contribution in [0.3, 0.4) is 0 Å². The van der Waals surface area contributed by atoms with E-state index < -0.39 is 9.84 Å². The number of amides is 1. The average Bonchev–Trinajstić information content (AvgIpc) is 3.28. The standard InChI is InChI=1S/C25H29N3O4S2/c1-3-34(30,31)24-9-7-22(8-10-24)28-13-11-20(12-14-28)27-25(29)19-5-4-6-23(15-19)32-16-21-17-33-18(2)26-21/h4-10,15,17,20H,3,11-14,16H2,1-2H3,(H,27,29). The van der Waals surface area contributed by atoms with Gasteiger partial charge >= 0.3 is 0 Å². The Hall–Kier alpha value is -2.91. The second kappa shape index (κ2) is 10.6. The molecule has 1 aromatic heterocycles. The lowest BCUT2D eigenvalue weighted by Gasteiger charge is -2.34. The summed E-state index contributed by atoms with van der Waals surface area (Å²) in [6.07, 6.45) is 1.64. The Labute approximate surface area is 204 Å². The summed E-state index contributed by atoms with van der Waals surface area (Å²) in [6.45, 7) is 5.57. The molecule has 0 bridgehead atoms. The van der Waals surface area contributed by atoms with E-state index in [9.17, 15) is 13.2 Å². The van der Waals surface area contributed by atoms with Crippen LogP contribution >= 0.6 is 11.3 Å². The molecule has 1 N–H and O–H groups in total. The van der Waals surface area contributed by atoms with Crippen molar-refractivity contribution in [2.24, 2.45) is 0 Å². The minimum Gasteiger partial charge on any atom is -0.487 e. The number of piperidine rings is 1. The van der Waals surface area contributed by atoms with Gasteiger partial charge in [-0.1, -0.05) is 13.0 Å². The van der Waals surface area contributed by atoms with Gasteiger partial charge in [-0.05, 0) is 62.2 Å². The minimum absolute atomic E-state index is 0.0889. The molecule has 34 heavy (non-hydrogen) atoms. The fourth-order valence-corrected chi connectivity index (χ4v) is 5.42. The van der Waals surface area contributed by atoms with Crippen LogP contribution in [0.2, 0.25) is 0 Å². The highest BCUT2D eigenvalue weighted by Gasteiger charge is 2.22. The number of ether oxygens (including phenoxy) is 1. The smallest absolute Gasteiger partial charge is 0.251 e. The molecule has 0 radical (unpaired) electrons. The predicted octanol–water partition coefficient (Wildman–Crippen LogP) is 4.22. The summed E-state index contributed by atoms with van der Waals surface area (Å²) >= 11 is 1.59. The highest BCUT2D eigenvalue weighted by molar-refractivity contribution is 7.91. The van der Waals surface area contributed by atoms with Crippen LogP contribution in [0, 0.1) is 6.92 Å². The van der Waals surface area contributed by atoms with E-state index >= 15 is 0 Å². The number of nitrogens with one attached hydrogen (secondary N) is 1. The maximum atomic E-state index is 12.8. The van der Waals surface area contributed by atoms with Crippen molar-refractivity contribution < 1.29 is 17.9 Å². The molecule has 1 aliphatic rings. The van der Waals surface area contributed by atoms with Crippen molar-refractivity contribution in [3.05, 3.63) is 70.2 Å². The zero-order chi connectivity index (χ0) is 24.1. The maximum Gasteiger partial charge on any atom is 0.251 e. The Bertz CT molecular complexity index is 1230. The van der Waals surface area contributed by atoms with Crippen LogP contribution in [0.4, 0.5) is 5.69 Å². The molecule has 180 valence electrons. The van der Waals surface area contributed by atoms with Gasteiger partial charge in [0.05, 0.1) is 21.3 Å². The molecule has 1 saturated heterocycles. The number of hydrogen-bond acceptors (Lipinski definition) is 7. The number of nitrogens with zero attached hydrogens (tertiary/aromatic N) is 2. The summed E-state index contributed by atoms with van der Waals surface area (Å²) in [4.78, 5) is 19.8. The van der Waals surface area contributed by atoms with Gasteiger partial charge in [-0.15, -0.1) is 11.3 Å². The molecule has 0 atom stereocenters. The number of benzene rings is 2. The van der Waals surface area contributed by atoms with Crippen LogP contribution in [-0.2, 0) is 16.4 Å².